The molecule has 0 aromatic heterocycles. The maximum atomic E-state index is 9.65. The van der Waals surface area contributed by atoms with Crippen LogP contribution in [0.2, 0.25) is 0 Å². The summed E-state index contributed by atoms with van der Waals surface area (Å²) in [6.07, 6.45) is 1.02. The molecule has 0 aliphatic carbocycles. The van der Waals surface area contributed by atoms with Crippen molar-refractivity contribution in [2.24, 2.45) is 16.2 Å². The van der Waals surface area contributed by atoms with Crippen molar-refractivity contribution in [1.82, 2.24) is 0 Å². The molecule has 80 valence electrons. The molecule has 0 aromatic carbocycles. The third-order valence-corrected chi connectivity index (χ3v) is 3.74. The van der Waals surface area contributed by atoms with Gasteiger partial charge in [0.2, 0.25) is 0 Å². The molecule has 0 bridgehead atoms. The largest absolute Gasteiger partial charge is 0.396 e. The van der Waals surface area contributed by atoms with E-state index < -0.39 is 0 Å². The van der Waals surface area contributed by atoms with E-state index in [1.165, 1.54) is 0 Å². The number of aliphatic hydroxyl groups is 1. The zero-order valence-corrected chi connectivity index (χ0v) is 10.4. The van der Waals surface area contributed by atoms with Gasteiger partial charge in [0.15, 0.2) is 0 Å². The Balaban J connectivity index is 5.17. The molecule has 0 amide bonds. The van der Waals surface area contributed by atoms with Crippen molar-refractivity contribution in [3.05, 3.63) is 0 Å². The molecule has 13 heavy (non-hydrogen) atoms. The summed E-state index contributed by atoms with van der Waals surface area (Å²) in [5.74, 6) is 0. The van der Waals surface area contributed by atoms with Gasteiger partial charge < -0.3 is 5.11 Å². The Bertz CT molecular complexity index is 137. The molecule has 0 rings (SSSR count). The van der Waals surface area contributed by atoms with E-state index >= 15 is 0 Å². The SMILES string of the molecule is CCC(CO)(C(C)(C)C)C(C)(C)C. The third-order valence-electron chi connectivity index (χ3n) is 3.74. The Kier molecular flexibility index (Phi) is 3.59. The molecule has 0 aromatic rings. The predicted molar refractivity (Wildman–Crippen MR) is 58.7 cm³/mol. The number of hydrogen-bond donors (Lipinski definition) is 1. The molecule has 0 aliphatic rings. The van der Waals surface area contributed by atoms with Crippen molar-refractivity contribution in [2.75, 3.05) is 6.61 Å². The lowest BCUT2D eigenvalue weighted by Crippen LogP contribution is -2.48. The fraction of sp³-hybridized carbons (Fsp3) is 1.00. The summed E-state index contributed by atoms with van der Waals surface area (Å²) in [5, 5.41) is 9.65. The van der Waals surface area contributed by atoms with Crippen molar-refractivity contribution in [2.45, 2.75) is 54.9 Å². The topological polar surface area (TPSA) is 20.2 Å². The molecule has 1 N–H and O–H groups in total. The van der Waals surface area contributed by atoms with Crippen molar-refractivity contribution in [3.8, 4) is 0 Å². The lowest BCUT2D eigenvalue weighted by molar-refractivity contribution is -0.0787. The van der Waals surface area contributed by atoms with E-state index in [-0.39, 0.29) is 22.9 Å². The van der Waals surface area contributed by atoms with Gasteiger partial charge in [-0.1, -0.05) is 48.5 Å². The molecule has 0 radical (unpaired) electrons. The minimum atomic E-state index is 0.0139. The number of aliphatic hydroxyl groups excluding tert-OH is 1. The van der Waals surface area contributed by atoms with Crippen molar-refractivity contribution in [1.29, 1.82) is 0 Å². The van der Waals surface area contributed by atoms with E-state index in [4.69, 9.17) is 0 Å². The average Bonchev–Trinajstić information content (AvgIpc) is 1.84. The summed E-state index contributed by atoms with van der Waals surface area (Å²) in [5.41, 5.74) is 0.309. The van der Waals surface area contributed by atoms with Crippen LogP contribution >= 0.6 is 0 Å². The van der Waals surface area contributed by atoms with Gasteiger partial charge in [0.25, 0.3) is 0 Å². The van der Waals surface area contributed by atoms with Gasteiger partial charge in [-0.25, -0.2) is 0 Å². The fourth-order valence-corrected chi connectivity index (χ4v) is 2.77. The van der Waals surface area contributed by atoms with Gasteiger partial charge in [-0.3, -0.25) is 0 Å². The Labute approximate surface area is 83.5 Å². The van der Waals surface area contributed by atoms with Crippen LogP contribution in [-0.4, -0.2) is 11.7 Å². The van der Waals surface area contributed by atoms with Crippen molar-refractivity contribution < 1.29 is 5.11 Å². The summed E-state index contributed by atoms with van der Waals surface area (Å²) in [7, 11) is 0. The standard InChI is InChI=1S/C12H26O/c1-8-12(9-13,10(2,3)4)11(5,6)7/h13H,8-9H2,1-7H3. The summed E-state index contributed by atoms with van der Waals surface area (Å²) in [6, 6.07) is 0. The molecule has 0 atom stereocenters. The molecule has 0 spiro atoms. The van der Waals surface area contributed by atoms with E-state index in [9.17, 15) is 5.11 Å². The Morgan fingerprint density at radius 2 is 1.15 bits per heavy atom. The van der Waals surface area contributed by atoms with Crippen LogP contribution in [-0.2, 0) is 0 Å². The monoisotopic (exact) mass is 186 g/mol. The number of hydrogen-bond acceptors (Lipinski definition) is 1. The molecule has 0 saturated carbocycles. The van der Waals surface area contributed by atoms with E-state index in [2.05, 4.69) is 48.5 Å². The lowest BCUT2D eigenvalue weighted by atomic mass is 9.53. The second-order valence-corrected chi connectivity index (χ2v) is 6.09. The highest BCUT2D eigenvalue weighted by atomic mass is 16.3. The van der Waals surface area contributed by atoms with E-state index in [1.54, 1.807) is 0 Å². The van der Waals surface area contributed by atoms with Crippen LogP contribution in [0.3, 0.4) is 0 Å². The summed E-state index contributed by atoms with van der Waals surface area (Å²) < 4.78 is 0. The molecular formula is C12H26O. The highest BCUT2D eigenvalue weighted by Gasteiger charge is 2.48. The lowest BCUT2D eigenvalue weighted by Gasteiger charge is -2.52. The first-order valence-corrected chi connectivity index (χ1v) is 5.23. The van der Waals surface area contributed by atoms with Crippen LogP contribution in [0.15, 0.2) is 0 Å². The van der Waals surface area contributed by atoms with Crippen LogP contribution in [0.1, 0.15) is 54.9 Å². The average molecular weight is 186 g/mol. The van der Waals surface area contributed by atoms with Gasteiger partial charge in [0, 0.05) is 12.0 Å². The minimum Gasteiger partial charge on any atom is -0.396 e. The zero-order chi connectivity index (χ0) is 10.9. The van der Waals surface area contributed by atoms with Crippen molar-refractivity contribution >= 4 is 0 Å². The van der Waals surface area contributed by atoms with E-state index in [0.29, 0.717) is 0 Å². The summed E-state index contributed by atoms with van der Waals surface area (Å²) in [4.78, 5) is 0. The van der Waals surface area contributed by atoms with Crippen LogP contribution in [0, 0.1) is 16.2 Å². The number of rotatable bonds is 2. The normalized spacial score (nSPS) is 14.8. The van der Waals surface area contributed by atoms with Gasteiger partial charge in [-0.05, 0) is 17.3 Å². The highest BCUT2D eigenvalue weighted by molar-refractivity contribution is 4.97. The van der Waals surface area contributed by atoms with Gasteiger partial charge in [-0.2, -0.15) is 0 Å². The predicted octanol–water partition coefficient (Wildman–Crippen LogP) is 3.47. The second kappa shape index (κ2) is 3.61. The Hall–Kier alpha value is -0.0400. The fourth-order valence-electron chi connectivity index (χ4n) is 2.77. The van der Waals surface area contributed by atoms with Crippen LogP contribution < -0.4 is 0 Å². The molecule has 0 heterocycles. The molecule has 0 fully saturated rings. The first-order chi connectivity index (χ1) is 5.62. The molecule has 0 saturated heterocycles. The van der Waals surface area contributed by atoms with Crippen molar-refractivity contribution in [3.63, 3.8) is 0 Å². The van der Waals surface area contributed by atoms with Gasteiger partial charge in [0.1, 0.15) is 0 Å². The van der Waals surface area contributed by atoms with E-state index in [1.807, 2.05) is 0 Å². The minimum absolute atomic E-state index is 0.0139. The van der Waals surface area contributed by atoms with Crippen LogP contribution in [0.5, 0.6) is 0 Å². The molecule has 0 unspecified atom stereocenters. The van der Waals surface area contributed by atoms with Gasteiger partial charge in [0.05, 0.1) is 0 Å². The maximum Gasteiger partial charge on any atom is 0.0497 e. The zero-order valence-electron chi connectivity index (χ0n) is 10.4. The van der Waals surface area contributed by atoms with Gasteiger partial charge in [-0.15, -0.1) is 0 Å². The third kappa shape index (κ3) is 2.07. The quantitative estimate of drug-likeness (QED) is 0.700. The smallest absolute Gasteiger partial charge is 0.0497 e. The molecule has 1 nitrogen and oxygen atoms in total. The van der Waals surface area contributed by atoms with E-state index in [0.717, 1.165) is 6.42 Å². The maximum absolute atomic E-state index is 9.65. The van der Waals surface area contributed by atoms with Gasteiger partial charge >= 0.3 is 0 Å². The molecule has 1 heteroatoms. The Morgan fingerprint density at radius 1 is 0.846 bits per heavy atom. The molecular weight excluding hydrogens is 160 g/mol. The molecule has 0 aliphatic heterocycles. The van der Waals surface area contributed by atoms with Crippen LogP contribution in [0.25, 0.3) is 0 Å². The first kappa shape index (κ1) is 13.0. The van der Waals surface area contributed by atoms with Crippen LogP contribution in [0.4, 0.5) is 0 Å². The first-order valence-electron chi connectivity index (χ1n) is 5.23. The summed E-state index contributed by atoms with van der Waals surface area (Å²) in [6.45, 7) is 15.8. The highest BCUT2D eigenvalue weighted by Crippen LogP contribution is 2.53. The Morgan fingerprint density at radius 3 is 1.15 bits per heavy atom. The second-order valence-electron chi connectivity index (χ2n) is 6.09. The summed E-state index contributed by atoms with van der Waals surface area (Å²) >= 11 is 0.